The molecule has 1 heterocycles. The van der Waals surface area contributed by atoms with Gasteiger partial charge in [0.25, 0.3) is 5.91 Å². The van der Waals surface area contributed by atoms with Crippen LogP contribution in [0.2, 0.25) is 0 Å². The number of benzene rings is 2. The van der Waals surface area contributed by atoms with Crippen LogP contribution < -0.4 is 10.7 Å². The molecule has 0 fully saturated rings. The van der Waals surface area contributed by atoms with Gasteiger partial charge in [0.15, 0.2) is 4.34 Å². The van der Waals surface area contributed by atoms with Crippen molar-refractivity contribution >= 4 is 46.0 Å². The summed E-state index contributed by atoms with van der Waals surface area (Å²) in [6.07, 6.45) is -3.13. The van der Waals surface area contributed by atoms with Crippen LogP contribution in [-0.4, -0.2) is 28.1 Å². The van der Waals surface area contributed by atoms with Crippen molar-refractivity contribution in [2.75, 3.05) is 16.5 Å². The molecule has 1 aromatic heterocycles. The van der Waals surface area contributed by atoms with Crippen LogP contribution in [0.1, 0.15) is 11.1 Å². The van der Waals surface area contributed by atoms with Crippen molar-refractivity contribution in [1.29, 1.82) is 0 Å². The van der Waals surface area contributed by atoms with E-state index in [-0.39, 0.29) is 16.6 Å². The van der Waals surface area contributed by atoms with Crippen molar-refractivity contribution in [1.82, 2.24) is 10.2 Å². The molecule has 0 radical (unpaired) electrons. The first-order valence-electron chi connectivity index (χ1n) is 8.14. The maximum absolute atomic E-state index is 13.1. The van der Waals surface area contributed by atoms with Crippen LogP contribution in [0.15, 0.2) is 64.0 Å². The third-order valence-electron chi connectivity index (χ3n) is 3.52. The number of rotatable bonds is 6. The molecule has 2 aromatic carbocycles. The second-order valence-corrected chi connectivity index (χ2v) is 7.84. The van der Waals surface area contributed by atoms with Crippen LogP contribution in [0.25, 0.3) is 0 Å². The van der Waals surface area contributed by atoms with Gasteiger partial charge in [-0.05, 0) is 23.8 Å². The van der Waals surface area contributed by atoms with Crippen molar-refractivity contribution in [3.63, 3.8) is 0 Å². The number of hydrogen-bond acceptors (Lipinski definition) is 7. The molecule has 0 spiro atoms. The molecular weight excluding hydrogens is 423 g/mol. The van der Waals surface area contributed by atoms with Crippen molar-refractivity contribution < 1.29 is 18.0 Å². The van der Waals surface area contributed by atoms with Gasteiger partial charge in [-0.15, -0.1) is 10.2 Å². The molecule has 0 aliphatic carbocycles. The number of aromatic nitrogens is 2. The number of nitrogen functional groups attached to an aromatic ring is 1. The third kappa shape index (κ3) is 5.78. The second-order valence-electron chi connectivity index (χ2n) is 5.60. The van der Waals surface area contributed by atoms with E-state index in [1.165, 1.54) is 18.3 Å². The zero-order valence-electron chi connectivity index (χ0n) is 14.7. The fraction of sp³-hybridized carbons (Fsp3) is 0.111. The second kappa shape index (κ2) is 9.05. The number of amides is 1. The number of hydrogen-bond donors (Lipinski definition) is 1. The smallest absolute Gasteiger partial charge is 0.374 e. The van der Waals surface area contributed by atoms with E-state index < -0.39 is 17.6 Å². The van der Waals surface area contributed by atoms with E-state index in [1.54, 1.807) is 24.3 Å². The van der Waals surface area contributed by atoms with Gasteiger partial charge < -0.3 is 5.73 Å². The molecule has 3 aromatic rings. The lowest BCUT2D eigenvalue weighted by Gasteiger charge is -2.18. The number of alkyl halides is 3. The molecule has 0 aliphatic heterocycles. The minimum Gasteiger partial charge on any atom is -0.374 e. The summed E-state index contributed by atoms with van der Waals surface area (Å²) in [4.78, 5) is 12.7. The summed E-state index contributed by atoms with van der Waals surface area (Å²) < 4.78 is 39.7. The first-order valence-corrected chi connectivity index (χ1v) is 9.94. The maximum Gasteiger partial charge on any atom is 0.416 e. The van der Waals surface area contributed by atoms with E-state index in [4.69, 9.17) is 5.73 Å². The van der Waals surface area contributed by atoms with E-state index >= 15 is 0 Å². The summed E-state index contributed by atoms with van der Waals surface area (Å²) in [5.41, 5.74) is 5.35. The Morgan fingerprint density at radius 2 is 1.93 bits per heavy atom. The van der Waals surface area contributed by atoms with Crippen molar-refractivity contribution in [3.8, 4) is 0 Å². The quantitative estimate of drug-likeness (QED) is 0.353. The van der Waals surface area contributed by atoms with Crippen molar-refractivity contribution in [2.45, 2.75) is 10.5 Å². The number of nitrogens with two attached hydrogens (primary N) is 1. The monoisotopic (exact) mass is 437 g/mol. The lowest BCUT2D eigenvalue weighted by Crippen LogP contribution is -2.27. The predicted molar refractivity (Wildman–Crippen MR) is 108 cm³/mol. The Balaban J connectivity index is 1.86. The largest absolute Gasteiger partial charge is 0.416 e. The standard InChI is InChI=1S/C18H14F3N5OS2/c19-18(20,21)13-7-4-8-14(9-13)26(23-10-12-5-2-1-3-6-12)15(27)11-28-17-25-24-16(22)29-17/h1-10H,11H2,(H2,22,24)/b23-10+. The molecule has 3 rings (SSSR count). The molecule has 0 saturated carbocycles. The van der Waals surface area contributed by atoms with Gasteiger partial charge in [-0.1, -0.05) is 59.5 Å². The van der Waals surface area contributed by atoms with Crippen LogP contribution in [0.5, 0.6) is 0 Å². The minimum absolute atomic E-state index is 0.00869. The summed E-state index contributed by atoms with van der Waals surface area (Å²) in [7, 11) is 0. The van der Waals surface area contributed by atoms with Gasteiger partial charge in [-0.3, -0.25) is 4.79 Å². The zero-order chi connectivity index (χ0) is 20.9. The average Bonchev–Trinajstić information content (AvgIpc) is 3.12. The van der Waals surface area contributed by atoms with Crippen molar-refractivity contribution in [3.05, 3.63) is 65.7 Å². The van der Waals surface area contributed by atoms with Crippen LogP contribution in [0, 0.1) is 0 Å². The van der Waals surface area contributed by atoms with Gasteiger partial charge in [-0.25, -0.2) is 5.01 Å². The number of hydrazone groups is 1. The zero-order valence-corrected chi connectivity index (χ0v) is 16.3. The Hall–Kier alpha value is -2.92. The normalized spacial score (nSPS) is 11.7. The summed E-state index contributed by atoms with van der Waals surface area (Å²) in [5.74, 6) is -0.618. The number of carbonyl (C=O) groups is 1. The number of halogens is 3. The highest BCUT2D eigenvalue weighted by molar-refractivity contribution is 8.01. The Morgan fingerprint density at radius 3 is 2.59 bits per heavy atom. The summed E-state index contributed by atoms with van der Waals surface area (Å²) in [5, 5.41) is 12.8. The Labute approximate surface area is 172 Å². The first kappa shape index (κ1) is 20.8. The molecule has 0 saturated heterocycles. The van der Waals surface area contributed by atoms with Gasteiger partial charge in [0.05, 0.1) is 23.2 Å². The summed E-state index contributed by atoms with van der Waals surface area (Å²) >= 11 is 2.20. The van der Waals surface area contributed by atoms with E-state index in [1.807, 2.05) is 6.07 Å². The van der Waals surface area contributed by atoms with Crippen LogP contribution >= 0.6 is 23.1 Å². The molecule has 1 amide bonds. The number of thioether (sulfide) groups is 1. The molecule has 11 heteroatoms. The molecular formula is C18H14F3N5OS2. The Morgan fingerprint density at radius 1 is 1.17 bits per heavy atom. The summed E-state index contributed by atoms with van der Waals surface area (Å²) in [6, 6.07) is 13.4. The highest BCUT2D eigenvalue weighted by atomic mass is 32.2. The van der Waals surface area contributed by atoms with E-state index in [2.05, 4.69) is 15.3 Å². The molecule has 0 aliphatic rings. The average molecular weight is 437 g/mol. The fourth-order valence-electron chi connectivity index (χ4n) is 2.22. The van der Waals surface area contributed by atoms with Crippen LogP contribution in [0.4, 0.5) is 24.0 Å². The highest BCUT2D eigenvalue weighted by Crippen LogP contribution is 2.32. The predicted octanol–water partition coefficient (Wildman–Crippen LogP) is 4.30. The topological polar surface area (TPSA) is 84.5 Å². The number of carbonyl (C=O) groups excluding carboxylic acids is 1. The fourth-order valence-corrected chi connectivity index (χ4v) is 3.69. The van der Waals surface area contributed by atoms with Crippen LogP contribution in [0.3, 0.4) is 0 Å². The highest BCUT2D eigenvalue weighted by Gasteiger charge is 2.31. The van der Waals surface area contributed by atoms with Gasteiger partial charge in [-0.2, -0.15) is 18.3 Å². The molecule has 150 valence electrons. The molecule has 0 atom stereocenters. The van der Waals surface area contributed by atoms with Gasteiger partial charge in [0.1, 0.15) is 0 Å². The van der Waals surface area contributed by atoms with Gasteiger partial charge in [0, 0.05) is 0 Å². The number of nitrogens with zero attached hydrogens (tertiary/aromatic N) is 4. The molecule has 29 heavy (non-hydrogen) atoms. The molecule has 6 nitrogen and oxygen atoms in total. The van der Waals surface area contributed by atoms with Crippen LogP contribution in [-0.2, 0) is 11.0 Å². The SMILES string of the molecule is Nc1nnc(SCC(=O)N(/N=C/c2ccccc2)c2cccc(C(F)(F)F)c2)s1. The maximum atomic E-state index is 13.1. The minimum atomic E-state index is -4.54. The molecule has 2 N–H and O–H groups in total. The lowest BCUT2D eigenvalue weighted by atomic mass is 10.2. The van der Waals surface area contributed by atoms with E-state index in [0.29, 0.717) is 9.90 Å². The van der Waals surface area contributed by atoms with E-state index in [9.17, 15) is 18.0 Å². The lowest BCUT2D eigenvalue weighted by molar-refractivity contribution is -0.137. The Bertz CT molecular complexity index is 1010. The van der Waals surface area contributed by atoms with E-state index in [0.717, 1.165) is 40.2 Å². The molecule has 0 bridgehead atoms. The number of anilines is 2. The van der Waals surface area contributed by atoms with Gasteiger partial charge in [0.2, 0.25) is 5.13 Å². The first-order chi connectivity index (χ1) is 13.8. The van der Waals surface area contributed by atoms with Gasteiger partial charge >= 0.3 is 6.18 Å². The van der Waals surface area contributed by atoms with Crippen molar-refractivity contribution in [2.24, 2.45) is 5.10 Å². The summed E-state index contributed by atoms with van der Waals surface area (Å²) in [6.45, 7) is 0. The Kier molecular flexibility index (Phi) is 6.49. The third-order valence-corrected chi connectivity index (χ3v) is 5.39. The molecule has 0 unspecified atom stereocenters.